The van der Waals surface area contributed by atoms with E-state index < -0.39 is 0 Å². The molecule has 0 atom stereocenters. The molecule has 0 aromatic carbocycles. The van der Waals surface area contributed by atoms with Gasteiger partial charge in [0.15, 0.2) is 0 Å². The molecule has 0 fully saturated rings. The van der Waals surface area contributed by atoms with E-state index in [9.17, 15) is 0 Å². The van der Waals surface area contributed by atoms with Gasteiger partial charge in [0.1, 0.15) is 11.4 Å². The Kier molecular flexibility index (Phi) is 3.69. The van der Waals surface area contributed by atoms with E-state index in [1.165, 1.54) is 30.6 Å². The van der Waals surface area contributed by atoms with Crippen LogP contribution >= 0.6 is 22.7 Å². The lowest BCUT2D eigenvalue weighted by molar-refractivity contribution is 1.18. The highest BCUT2D eigenvalue weighted by molar-refractivity contribution is 7.12. The highest BCUT2D eigenvalue weighted by atomic mass is 32.1. The average Bonchev–Trinajstić information content (AvgIpc) is 2.67. The van der Waals surface area contributed by atoms with E-state index in [1.54, 1.807) is 22.7 Å². The quantitative estimate of drug-likeness (QED) is 0.595. The van der Waals surface area contributed by atoms with Crippen LogP contribution < -0.4 is 0 Å². The molecule has 0 spiro atoms. The number of hydrogen-bond donors (Lipinski definition) is 0. The Labute approximate surface area is 116 Å². The first kappa shape index (κ1) is 13.4. The highest BCUT2D eigenvalue weighted by Crippen LogP contribution is 2.38. The van der Waals surface area contributed by atoms with Crippen molar-refractivity contribution >= 4 is 34.0 Å². The Balaban J connectivity index is 2.42. The molecule has 0 aliphatic heterocycles. The van der Waals surface area contributed by atoms with Crippen molar-refractivity contribution in [2.75, 3.05) is 0 Å². The van der Waals surface area contributed by atoms with Crippen LogP contribution in [0.4, 0.5) is 11.4 Å². The lowest BCUT2D eigenvalue weighted by Crippen LogP contribution is -1.72. The first-order valence-electron chi connectivity index (χ1n) is 5.96. The summed E-state index contributed by atoms with van der Waals surface area (Å²) in [6.45, 7) is 12.7. The van der Waals surface area contributed by atoms with Crippen LogP contribution in [0.1, 0.15) is 30.6 Å². The number of thiophene rings is 2. The summed E-state index contributed by atoms with van der Waals surface area (Å²) in [5.41, 5.74) is 4.59. The maximum absolute atomic E-state index is 4.47. The SMILES string of the molecule is Cc1sc(C)c(N=Nc2c(C)sc(C)c2C)c1C. The molecule has 96 valence electrons. The molecule has 2 aromatic rings. The second-order valence-corrected chi connectivity index (χ2v) is 7.43. The first-order valence-corrected chi connectivity index (χ1v) is 7.60. The van der Waals surface area contributed by atoms with E-state index in [4.69, 9.17) is 0 Å². The third kappa shape index (κ3) is 2.27. The fourth-order valence-electron chi connectivity index (χ4n) is 1.96. The Morgan fingerprint density at radius 1 is 0.556 bits per heavy atom. The van der Waals surface area contributed by atoms with Crippen LogP contribution in [-0.2, 0) is 0 Å². The van der Waals surface area contributed by atoms with Gasteiger partial charge in [-0.1, -0.05) is 0 Å². The molecule has 0 saturated carbocycles. The summed E-state index contributed by atoms with van der Waals surface area (Å²) >= 11 is 3.59. The van der Waals surface area contributed by atoms with Gasteiger partial charge in [0, 0.05) is 19.5 Å². The number of azo groups is 1. The fourth-order valence-corrected chi connectivity index (χ4v) is 3.96. The average molecular weight is 278 g/mol. The van der Waals surface area contributed by atoms with E-state index in [-0.39, 0.29) is 0 Å². The lowest BCUT2D eigenvalue weighted by atomic mass is 10.2. The van der Waals surface area contributed by atoms with Gasteiger partial charge in [-0.05, 0) is 52.7 Å². The third-order valence-corrected chi connectivity index (χ3v) is 5.52. The van der Waals surface area contributed by atoms with Crippen molar-refractivity contribution in [1.29, 1.82) is 0 Å². The first-order chi connectivity index (χ1) is 8.41. The van der Waals surface area contributed by atoms with Crippen LogP contribution in [0.5, 0.6) is 0 Å². The van der Waals surface area contributed by atoms with Gasteiger partial charge in [-0.3, -0.25) is 0 Å². The van der Waals surface area contributed by atoms with Crippen molar-refractivity contribution in [1.82, 2.24) is 0 Å². The minimum Gasteiger partial charge on any atom is -0.149 e. The molecule has 0 N–H and O–H groups in total. The van der Waals surface area contributed by atoms with Gasteiger partial charge in [-0.2, -0.15) is 0 Å². The standard InChI is InChI=1S/C14H18N2S2/c1-7-9(3)17-11(5)13(7)15-16-14-8(2)10(4)18-12(14)6/h1-6H3. The highest BCUT2D eigenvalue weighted by Gasteiger charge is 2.11. The molecule has 0 unspecified atom stereocenters. The molecular weight excluding hydrogens is 260 g/mol. The van der Waals surface area contributed by atoms with Crippen molar-refractivity contribution in [3.63, 3.8) is 0 Å². The summed E-state index contributed by atoms with van der Waals surface area (Å²) in [6, 6.07) is 0. The number of nitrogens with zero attached hydrogens (tertiary/aromatic N) is 2. The molecule has 2 heterocycles. The second kappa shape index (κ2) is 4.94. The van der Waals surface area contributed by atoms with Crippen LogP contribution in [0, 0.1) is 41.5 Å². The molecular formula is C14H18N2S2. The van der Waals surface area contributed by atoms with E-state index >= 15 is 0 Å². The van der Waals surface area contributed by atoms with Gasteiger partial charge < -0.3 is 0 Å². The van der Waals surface area contributed by atoms with Gasteiger partial charge in [0.25, 0.3) is 0 Å². The minimum atomic E-state index is 1.04. The zero-order valence-electron chi connectivity index (χ0n) is 11.7. The van der Waals surface area contributed by atoms with Crippen LogP contribution in [0.3, 0.4) is 0 Å². The summed E-state index contributed by atoms with van der Waals surface area (Å²) in [4.78, 5) is 5.15. The number of rotatable bonds is 2. The maximum Gasteiger partial charge on any atom is 0.102 e. The second-order valence-electron chi connectivity index (χ2n) is 4.58. The van der Waals surface area contributed by atoms with E-state index in [1.807, 2.05) is 0 Å². The zero-order valence-corrected chi connectivity index (χ0v) is 13.3. The van der Waals surface area contributed by atoms with Crippen molar-refractivity contribution in [2.24, 2.45) is 10.2 Å². The van der Waals surface area contributed by atoms with Crippen LogP contribution in [0.2, 0.25) is 0 Å². The van der Waals surface area contributed by atoms with Gasteiger partial charge in [-0.15, -0.1) is 32.9 Å². The van der Waals surface area contributed by atoms with Gasteiger partial charge in [0.2, 0.25) is 0 Å². The van der Waals surface area contributed by atoms with Crippen molar-refractivity contribution in [3.8, 4) is 0 Å². The molecule has 4 heteroatoms. The Bertz CT molecular complexity index is 564. The minimum absolute atomic E-state index is 1.04. The molecule has 0 aliphatic carbocycles. The third-order valence-electron chi connectivity index (χ3n) is 3.30. The number of hydrogen-bond acceptors (Lipinski definition) is 4. The van der Waals surface area contributed by atoms with E-state index in [2.05, 4.69) is 51.8 Å². The summed E-state index contributed by atoms with van der Waals surface area (Å²) in [5, 5.41) is 8.95. The van der Waals surface area contributed by atoms with Crippen LogP contribution in [0.15, 0.2) is 10.2 Å². The molecule has 18 heavy (non-hydrogen) atoms. The van der Waals surface area contributed by atoms with E-state index in [0.29, 0.717) is 0 Å². The molecule has 0 aliphatic rings. The van der Waals surface area contributed by atoms with Crippen molar-refractivity contribution in [2.45, 2.75) is 41.5 Å². The smallest absolute Gasteiger partial charge is 0.102 e. The largest absolute Gasteiger partial charge is 0.149 e. The van der Waals surface area contributed by atoms with Gasteiger partial charge in [-0.25, -0.2) is 0 Å². The van der Waals surface area contributed by atoms with Crippen molar-refractivity contribution < 1.29 is 0 Å². The van der Waals surface area contributed by atoms with Crippen LogP contribution in [-0.4, -0.2) is 0 Å². The Hall–Kier alpha value is -1.00. The number of aryl methyl sites for hydroxylation is 4. The predicted octanol–water partition coefficient (Wildman–Crippen LogP) is 6.08. The Morgan fingerprint density at radius 3 is 1.11 bits per heavy atom. The van der Waals surface area contributed by atoms with Gasteiger partial charge in [0.05, 0.1) is 0 Å². The zero-order chi connectivity index (χ0) is 13.4. The molecule has 0 radical (unpaired) electrons. The summed E-state index contributed by atoms with van der Waals surface area (Å²) < 4.78 is 0. The van der Waals surface area contributed by atoms with Gasteiger partial charge >= 0.3 is 0 Å². The summed E-state index contributed by atoms with van der Waals surface area (Å²) in [7, 11) is 0. The Morgan fingerprint density at radius 2 is 0.889 bits per heavy atom. The van der Waals surface area contributed by atoms with Crippen molar-refractivity contribution in [3.05, 3.63) is 30.6 Å². The monoisotopic (exact) mass is 278 g/mol. The fraction of sp³-hybridized carbons (Fsp3) is 0.429. The molecule has 0 bridgehead atoms. The van der Waals surface area contributed by atoms with E-state index in [0.717, 1.165) is 11.4 Å². The molecule has 0 amide bonds. The lowest BCUT2D eigenvalue weighted by Gasteiger charge is -1.96. The predicted molar refractivity (Wildman–Crippen MR) is 81.2 cm³/mol. The molecule has 0 saturated heterocycles. The summed E-state index contributed by atoms with van der Waals surface area (Å²) in [5.74, 6) is 0. The molecule has 2 aromatic heterocycles. The topological polar surface area (TPSA) is 24.7 Å². The summed E-state index contributed by atoms with van der Waals surface area (Å²) in [6.07, 6.45) is 0. The molecule has 2 nitrogen and oxygen atoms in total. The maximum atomic E-state index is 4.47. The van der Waals surface area contributed by atoms with Crippen LogP contribution in [0.25, 0.3) is 0 Å². The molecule has 2 rings (SSSR count). The normalized spacial score (nSPS) is 11.7.